The number of fused-ring (bicyclic) bond motifs is 2. The number of aromatic nitrogens is 6. The Hall–Kier alpha value is -2.48. The van der Waals surface area contributed by atoms with Gasteiger partial charge < -0.3 is 9.47 Å². The van der Waals surface area contributed by atoms with E-state index in [9.17, 15) is 0 Å². The van der Waals surface area contributed by atoms with Crippen molar-refractivity contribution in [3.8, 4) is 0 Å². The molecule has 2 aliphatic heterocycles. The molecule has 0 radical (unpaired) electrons. The molecule has 3 aromatic rings. The van der Waals surface area contributed by atoms with Gasteiger partial charge in [-0.05, 0) is 32.0 Å². The number of aryl methyl sites for hydroxylation is 2. The Morgan fingerprint density at radius 3 is 3.04 bits per heavy atom. The van der Waals surface area contributed by atoms with Crippen molar-refractivity contribution >= 4 is 11.5 Å². The van der Waals surface area contributed by atoms with Gasteiger partial charge in [0.05, 0.1) is 5.69 Å². The van der Waals surface area contributed by atoms with Gasteiger partial charge in [0.1, 0.15) is 18.0 Å². The summed E-state index contributed by atoms with van der Waals surface area (Å²) in [7, 11) is 2.19. The van der Waals surface area contributed by atoms with Crippen molar-refractivity contribution in [2.45, 2.75) is 38.4 Å². The predicted octanol–water partition coefficient (Wildman–Crippen LogP) is 0.978. The molecule has 0 bridgehead atoms. The smallest absolute Gasteiger partial charge is 0.177 e. The normalized spacial score (nSPS) is 17.9. The summed E-state index contributed by atoms with van der Waals surface area (Å²) in [4.78, 5) is 9.51. The van der Waals surface area contributed by atoms with Gasteiger partial charge >= 0.3 is 0 Å². The second-order valence-electron chi connectivity index (χ2n) is 7.10. The predicted molar refractivity (Wildman–Crippen MR) is 93.4 cm³/mol. The zero-order valence-electron chi connectivity index (χ0n) is 14.4. The zero-order chi connectivity index (χ0) is 16.8. The molecular weight excluding hydrogens is 316 g/mol. The minimum Gasteiger partial charge on any atom is -0.352 e. The molecule has 25 heavy (non-hydrogen) atoms. The minimum absolute atomic E-state index is 0.539. The third-order valence-corrected chi connectivity index (χ3v) is 5.33. The molecule has 0 N–H and O–H groups in total. The molecule has 130 valence electrons. The minimum atomic E-state index is 0.539. The van der Waals surface area contributed by atoms with Crippen LogP contribution in [0.3, 0.4) is 0 Å². The molecule has 2 aliphatic rings. The van der Waals surface area contributed by atoms with Crippen molar-refractivity contribution < 1.29 is 0 Å². The summed E-state index contributed by atoms with van der Waals surface area (Å²) in [5.41, 5.74) is 1.98. The third kappa shape index (κ3) is 2.66. The van der Waals surface area contributed by atoms with Crippen molar-refractivity contribution in [2.24, 2.45) is 0 Å². The van der Waals surface area contributed by atoms with Crippen molar-refractivity contribution in [3.63, 3.8) is 0 Å². The van der Waals surface area contributed by atoms with Gasteiger partial charge in [-0.25, -0.2) is 4.98 Å². The monoisotopic (exact) mass is 338 g/mol. The summed E-state index contributed by atoms with van der Waals surface area (Å²) >= 11 is 0. The summed E-state index contributed by atoms with van der Waals surface area (Å²) in [5, 5.41) is 12.4. The van der Waals surface area contributed by atoms with Gasteiger partial charge in [0.25, 0.3) is 0 Å². The molecule has 1 saturated heterocycles. The Morgan fingerprint density at radius 1 is 1.24 bits per heavy atom. The maximum absolute atomic E-state index is 4.82. The van der Waals surface area contributed by atoms with Crippen LogP contribution in [0.25, 0.3) is 5.65 Å². The second-order valence-corrected chi connectivity index (χ2v) is 7.10. The van der Waals surface area contributed by atoms with E-state index in [1.807, 2.05) is 12.1 Å². The molecule has 8 nitrogen and oxygen atoms in total. The highest BCUT2D eigenvalue weighted by atomic mass is 15.4. The maximum Gasteiger partial charge on any atom is 0.177 e. The summed E-state index contributed by atoms with van der Waals surface area (Å²) in [5.74, 6) is 2.24. The van der Waals surface area contributed by atoms with Gasteiger partial charge in [-0.15, -0.1) is 15.3 Å². The number of rotatable bonds is 4. The van der Waals surface area contributed by atoms with Crippen LogP contribution in [-0.4, -0.2) is 60.4 Å². The van der Waals surface area contributed by atoms with E-state index in [4.69, 9.17) is 4.98 Å². The Kier molecular flexibility index (Phi) is 3.44. The molecule has 0 amide bonds. The van der Waals surface area contributed by atoms with Crippen LogP contribution in [0, 0.1) is 0 Å². The molecule has 0 spiro atoms. The van der Waals surface area contributed by atoms with Gasteiger partial charge in [-0.2, -0.15) is 4.52 Å². The summed E-state index contributed by atoms with van der Waals surface area (Å²) in [6.45, 7) is 4.02. The largest absolute Gasteiger partial charge is 0.352 e. The highest BCUT2D eigenvalue weighted by molar-refractivity contribution is 5.47. The van der Waals surface area contributed by atoms with E-state index in [0.29, 0.717) is 6.04 Å². The lowest BCUT2D eigenvalue weighted by Gasteiger charge is -2.44. The Labute approximate surface area is 146 Å². The van der Waals surface area contributed by atoms with E-state index in [1.165, 1.54) is 24.4 Å². The van der Waals surface area contributed by atoms with Gasteiger partial charge in [-0.1, -0.05) is 0 Å². The van der Waals surface area contributed by atoms with E-state index >= 15 is 0 Å². The van der Waals surface area contributed by atoms with Crippen LogP contribution in [0.1, 0.15) is 24.4 Å². The first-order valence-electron chi connectivity index (χ1n) is 8.93. The number of anilines is 1. The second kappa shape index (κ2) is 5.80. The summed E-state index contributed by atoms with van der Waals surface area (Å²) < 4.78 is 4.06. The van der Waals surface area contributed by atoms with Crippen LogP contribution < -0.4 is 4.90 Å². The standard InChI is InChI=1S/C17H22N8/c1-22(8-13-9-23-7-3-2-4-15(23)19-13)14-10-24(11-14)17-6-5-16-20-18-12-25(16)21-17/h5-6,9,12,14H,2-4,7-8,10-11H2,1H3. The molecule has 5 rings (SSSR count). The van der Waals surface area contributed by atoms with Gasteiger partial charge in [0, 0.05) is 44.8 Å². The lowest BCUT2D eigenvalue weighted by molar-refractivity contribution is 0.194. The Bertz CT molecular complexity index is 868. The number of hydrogen-bond acceptors (Lipinski definition) is 6. The van der Waals surface area contributed by atoms with Crippen LogP contribution in [0.15, 0.2) is 24.7 Å². The molecule has 0 aliphatic carbocycles. The highest BCUT2D eigenvalue weighted by Gasteiger charge is 2.31. The summed E-state index contributed by atoms with van der Waals surface area (Å²) in [6.07, 6.45) is 7.55. The lowest BCUT2D eigenvalue weighted by atomic mass is 10.1. The first kappa shape index (κ1) is 14.8. The molecule has 8 heteroatoms. The first-order chi connectivity index (χ1) is 12.3. The maximum atomic E-state index is 4.82. The fourth-order valence-corrected chi connectivity index (χ4v) is 3.74. The molecule has 0 atom stereocenters. The van der Waals surface area contributed by atoms with Crippen molar-refractivity contribution in [1.82, 2.24) is 34.3 Å². The average Bonchev–Trinajstić information content (AvgIpc) is 3.18. The van der Waals surface area contributed by atoms with Crippen molar-refractivity contribution in [2.75, 3.05) is 25.0 Å². The third-order valence-electron chi connectivity index (χ3n) is 5.33. The van der Waals surface area contributed by atoms with Crippen LogP contribution in [-0.2, 0) is 19.5 Å². The van der Waals surface area contributed by atoms with Gasteiger partial charge in [0.15, 0.2) is 5.65 Å². The van der Waals surface area contributed by atoms with Crippen molar-refractivity contribution in [3.05, 3.63) is 36.2 Å². The van der Waals surface area contributed by atoms with E-state index < -0.39 is 0 Å². The zero-order valence-corrected chi connectivity index (χ0v) is 14.4. The van der Waals surface area contributed by atoms with Crippen LogP contribution in [0.4, 0.5) is 5.82 Å². The molecule has 0 unspecified atom stereocenters. The number of likely N-dealkylation sites (N-methyl/N-ethyl adjacent to an activating group) is 1. The Morgan fingerprint density at radius 2 is 2.16 bits per heavy atom. The van der Waals surface area contributed by atoms with Gasteiger partial charge in [0.2, 0.25) is 0 Å². The number of nitrogens with zero attached hydrogens (tertiary/aromatic N) is 8. The van der Waals surface area contributed by atoms with Crippen LogP contribution >= 0.6 is 0 Å². The molecule has 0 aromatic carbocycles. The van der Waals surface area contributed by atoms with E-state index in [-0.39, 0.29) is 0 Å². The van der Waals surface area contributed by atoms with Gasteiger partial charge in [-0.3, -0.25) is 4.90 Å². The van der Waals surface area contributed by atoms with E-state index in [2.05, 4.69) is 42.9 Å². The fraction of sp³-hybridized carbons (Fsp3) is 0.529. The molecule has 1 fully saturated rings. The fourth-order valence-electron chi connectivity index (χ4n) is 3.74. The van der Waals surface area contributed by atoms with E-state index in [0.717, 1.165) is 44.1 Å². The van der Waals surface area contributed by atoms with E-state index in [1.54, 1.807) is 10.8 Å². The highest BCUT2D eigenvalue weighted by Crippen LogP contribution is 2.23. The van der Waals surface area contributed by atoms with Crippen LogP contribution in [0.2, 0.25) is 0 Å². The SMILES string of the molecule is CN(Cc1cn2c(n1)CCCC2)C1CN(c2ccc3nncn3n2)C1. The van der Waals surface area contributed by atoms with Crippen LogP contribution in [0.5, 0.6) is 0 Å². The topological polar surface area (TPSA) is 67.4 Å². The Balaban J connectivity index is 1.21. The molecule has 5 heterocycles. The number of hydrogen-bond donors (Lipinski definition) is 0. The molecule has 3 aromatic heterocycles. The average molecular weight is 338 g/mol. The molecule has 0 saturated carbocycles. The quantitative estimate of drug-likeness (QED) is 0.706. The lowest BCUT2D eigenvalue weighted by Crippen LogP contribution is -2.58. The summed E-state index contributed by atoms with van der Waals surface area (Å²) in [6, 6.07) is 4.52. The first-order valence-corrected chi connectivity index (χ1v) is 8.93. The molecular formula is C17H22N8. The van der Waals surface area contributed by atoms with Crippen molar-refractivity contribution in [1.29, 1.82) is 0 Å². The number of imidazole rings is 1.